The van der Waals surface area contributed by atoms with Crippen molar-refractivity contribution in [1.29, 1.82) is 0 Å². The maximum atomic E-state index is 12.5. The number of nitrogens with one attached hydrogen (secondary N) is 1. The van der Waals surface area contributed by atoms with Crippen LogP contribution in [0.5, 0.6) is 0 Å². The van der Waals surface area contributed by atoms with Gasteiger partial charge in [-0.2, -0.15) is 0 Å². The van der Waals surface area contributed by atoms with Gasteiger partial charge in [0.2, 0.25) is 0 Å². The van der Waals surface area contributed by atoms with Gasteiger partial charge in [0, 0.05) is 6.92 Å². The minimum atomic E-state index is -2.44. The zero-order valence-corrected chi connectivity index (χ0v) is 22.5. The average molecular weight is 478 g/mol. The Balaban J connectivity index is 3.36. The van der Waals surface area contributed by atoms with Crippen LogP contribution in [0, 0.1) is 0 Å². The predicted molar refractivity (Wildman–Crippen MR) is 123 cm³/mol. The Kier molecular flexibility index (Phi) is 9.35. The Bertz CT molecular complexity index is 653. The summed E-state index contributed by atoms with van der Waals surface area (Å²) in [5.41, 5.74) is -0.721. The molecule has 1 fully saturated rings. The topological polar surface area (TPSA) is 113 Å². The van der Waals surface area contributed by atoms with Gasteiger partial charge in [-0.25, -0.2) is 4.79 Å². The molecule has 0 aromatic carbocycles. The highest BCUT2D eigenvalue weighted by Crippen LogP contribution is 2.39. The maximum absolute atomic E-state index is 12.5. The third-order valence-corrected chi connectivity index (χ3v) is 10.0. The molecule has 9 nitrogen and oxygen atoms in total. The first kappa shape index (κ1) is 28.8. The SMILES string of the molecule is CC(=O)O[C@H]([C@@H](O[Si](C)(C)C(C)(C)C)[C@H](CO)NC(=O)OC(C)(C)C)[C@@H]1COC(C)(C)O1. The summed E-state index contributed by atoms with van der Waals surface area (Å²) < 4.78 is 29.3. The second-order valence-corrected chi connectivity index (χ2v) is 16.0. The molecule has 0 unspecified atom stereocenters. The van der Waals surface area contributed by atoms with Crippen LogP contribution < -0.4 is 5.32 Å². The van der Waals surface area contributed by atoms with Crippen LogP contribution in [0.3, 0.4) is 0 Å². The molecule has 0 aromatic heterocycles. The van der Waals surface area contributed by atoms with E-state index < -0.39 is 62.7 Å². The van der Waals surface area contributed by atoms with Gasteiger partial charge in [0.25, 0.3) is 0 Å². The highest BCUT2D eigenvalue weighted by Gasteiger charge is 2.49. The average Bonchev–Trinajstić information content (AvgIpc) is 2.92. The Morgan fingerprint density at radius 1 is 1.19 bits per heavy atom. The zero-order chi connectivity index (χ0) is 25.1. The summed E-state index contributed by atoms with van der Waals surface area (Å²) in [5, 5.41) is 12.7. The Morgan fingerprint density at radius 2 is 1.75 bits per heavy atom. The van der Waals surface area contributed by atoms with E-state index in [-0.39, 0.29) is 11.6 Å². The van der Waals surface area contributed by atoms with Crippen LogP contribution in [0.1, 0.15) is 62.3 Å². The molecule has 0 saturated carbocycles. The number of esters is 1. The minimum Gasteiger partial charge on any atom is -0.457 e. The molecule has 1 aliphatic heterocycles. The van der Waals surface area contributed by atoms with E-state index in [1.165, 1.54) is 6.92 Å². The quantitative estimate of drug-likeness (QED) is 0.404. The second kappa shape index (κ2) is 10.4. The molecule has 32 heavy (non-hydrogen) atoms. The summed E-state index contributed by atoms with van der Waals surface area (Å²) >= 11 is 0. The summed E-state index contributed by atoms with van der Waals surface area (Å²) in [6.07, 6.45) is -3.15. The number of alkyl carbamates (subject to hydrolysis) is 1. The molecule has 10 heteroatoms. The van der Waals surface area contributed by atoms with Gasteiger partial charge in [0.1, 0.15) is 17.8 Å². The fourth-order valence-electron chi connectivity index (χ4n) is 3.01. The van der Waals surface area contributed by atoms with Crippen LogP contribution >= 0.6 is 0 Å². The van der Waals surface area contributed by atoms with Crippen molar-refractivity contribution in [2.75, 3.05) is 13.2 Å². The summed E-state index contributed by atoms with van der Waals surface area (Å²) in [6.45, 7) is 20.1. The number of rotatable bonds is 8. The zero-order valence-electron chi connectivity index (χ0n) is 21.5. The van der Waals surface area contributed by atoms with Crippen LogP contribution in [-0.2, 0) is 28.2 Å². The van der Waals surface area contributed by atoms with Crippen LogP contribution in [-0.4, -0.2) is 74.4 Å². The molecule has 1 aliphatic rings. The number of carbonyl (C=O) groups is 2. The van der Waals surface area contributed by atoms with Crippen molar-refractivity contribution in [2.45, 2.75) is 116 Å². The number of hydrogen-bond donors (Lipinski definition) is 2. The van der Waals surface area contributed by atoms with Crippen LogP contribution in [0.4, 0.5) is 4.79 Å². The lowest BCUT2D eigenvalue weighted by Gasteiger charge is -2.44. The summed E-state index contributed by atoms with van der Waals surface area (Å²) in [6, 6.07) is -0.907. The monoisotopic (exact) mass is 477 g/mol. The highest BCUT2D eigenvalue weighted by molar-refractivity contribution is 6.74. The summed E-state index contributed by atoms with van der Waals surface area (Å²) in [4.78, 5) is 24.5. The van der Waals surface area contributed by atoms with Gasteiger partial charge in [-0.05, 0) is 52.8 Å². The minimum absolute atomic E-state index is 0.174. The van der Waals surface area contributed by atoms with E-state index in [0.29, 0.717) is 0 Å². The van der Waals surface area contributed by atoms with Crippen LogP contribution in [0.25, 0.3) is 0 Å². The third kappa shape index (κ3) is 8.62. The molecule has 2 N–H and O–H groups in total. The van der Waals surface area contributed by atoms with Gasteiger partial charge in [0.15, 0.2) is 20.2 Å². The number of hydrogen-bond acceptors (Lipinski definition) is 8. The van der Waals surface area contributed by atoms with Crippen molar-refractivity contribution in [3.63, 3.8) is 0 Å². The Hall–Kier alpha value is -1.20. The Morgan fingerprint density at radius 3 is 2.12 bits per heavy atom. The number of ether oxygens (including phenoxy) is 4. The van der Waals surface area contributed by atoms with Gasteiger partial charge in [-0.15, -0.1) is 0 Å². The van der Waals surface area contributed by atoms with Crippen molar-refractivity contribution in [3.8, 4) is 0 Å². The van der Waals surface area contributed by atoms with E-state index in [1.807, 2.05) is 13.1 Å². The molecule has 1 rings (SSSR count). The number of aliphatic hydroxyl groups is 1. The summed E-state index contributed by atoms with van der Waals surface area (Å²) in [7, 11) is -2.44. The largest absolute Gasteiger partial charge is 0.457 e. The smallest absolute Gasteiger partial charge is 0.408 e. The lowest BCUT2D eigenvalue weighted by molar-refractivity contribution is -0.181. The normalized spacial score (nSPS) is 22.1. The molecular weight excluding hydrogens is 434 g/mol. The molecule has 0 radical (unpaired) electrons. The van der Waals surface area contributed by atoms with Gasteiger partial charge >= 0.3 is 12.1 Å². The first-order valence-electron chi connectivity index (χ1n) is 11.1. The number of aliphatic hydroxyl groups excluding tert-OH is 1. The van der Waals surface area contributed by atoms with Gasteiger partial charge in [-0.1, -0.05) is 20.8 Å². The Labute approximate surface area is 193 Å². The molecule has 188 valence electrons. The molecule has 0 bridgehead atoms. The molecule has 4 atom stereocenters. The second-order valence-electron chi connectivity index (χ2n) is 11.2. The van der Waals surface area contributed by atoms with Gasteiger partial charge < -0.3 is 33.8 Å². The predicted octanol–water partition coefficient (Wildman–Crippen LogP) is 3.35. The standard InChI is InChI=1S/C22H43NO8Si/c1-14(25)28-18(16-13-27-22(8,9)29-16)17(31-32(10,11)21(5,6)7)15(12-24)23-19(26)30-20(2,3)4/h15-18,24H,12-13H2,1-11H3,(H,23,26)/t15-,16-,17-,18-/m0/s1. The van der Waals surface area contributed by atoms with Crippen molar-refractivity contribution in [3.05, 3.63) is 0 Å². The summed E-state index contributed by atoms with van der Waals surface area (Å²) in [5.74, 6) is -1.39. The fraction of sp³-hybridized carbons (Fsp3) is 0.909. The van der Waals surface area contributed by atoms with E-state index in [1.54, 1.807) is 34.6 Å². The number of carbonyl (C=O) groups excluding carboxylic acids is 2. The lowest BCUT2D eigenvalue weighted by atomic mass is 10.0. The molecule has 0 aromatic rings. The maximum Gasteiger partial charge on any atom is 0.408 e. The van der Waals surface area contributed by atoms with E-state index in [9.17, 15) is 14.7 Å². The van der Waals surface area contributed by atoms with Gasteiger partial charge in [-0.3, -0.25) is 4.79 Å². The van der Waals surface area contributed by atoms with E-state index in [0.717, 1.165) is 0 Å². The molecule has 1 amide bonds. The van der Waals surface area contributed by atoms with E-state index in [4.69, 9.17) is 23.4 Å². The number of amides is 1. The van der Waals surface area contributed by atoms with Crippen LogP contribution in [0.2, 0.25) is 18.1 Å². The highest BCUT2D eigenvalue weighted by atomic mass is 28.4. The molecule has 0 spiro atoms. The molecule has 1 heterocycles. The van der Waals surface area contributed by atoms with Crippen molar-refractivity contribution < 1.29 is 38.1 Å². The first-order chi connectivity index (χ1) is 14.3. The van der Waals surface area contributed by atoms with Crippen molar-refractivity contribution >= 4 is 20.4 Å². The van der Waals surface area contributed by atoms with Crippen molar-refractivity contribution in [2.24, 2.45) is 0 Å². The fourth-order valence-corrected chi connectivity index (χ4v) is 4.34. The van der Waals surface area contributed by atoms with Crippen molar-refractivity contribution in [1.82, 2.24) is 5.32 Å². The molecule has 0 aliphatic carbocycles. The first-order valence-corrected chi connectivity index (χ1v) is 14.0. The van der Waals surface area contributed by atoms with Crippen LogP contribution in [0.15, 0.2) is 0 Å². The molecular formula is C22H43NO8Si. The van der Waals surface area contributed by atoms with Gasteiger partial charge in [0.05, 0.1) is 19.3 Å². The van der Waals surface area contributed by atoms with E-state index in [2.05, 4.69) is 26.1 Å². The molecule has 1 saturated heterocycles. The third-order valence-electron chi connectivity index (χ3n) is 5.55. The van der Waals surface area contributed by atoms with E-state index >= 15 is 0 Å². The lowest BCUT2D eigenvalue weighted by Crippen LogP contribution is -2.61.